The topological polar surface area (TPSA) is 46.6 Å². The van der Waals surface area contributed by atoms with Gasteiger partial charge in [0, 0.05) is 0 Å². The SMILES string of the molecule is CN(C)CC(=O)OC(=O)C(F)(F)F. The molecule has 0 heterocycles. The number of halogens is 3. The fourth-order valence-corrected chi connectivity index (χ4v) is 0.452. The molecule has 0 aliphatic heterocycles. The Balaban J connectivity index is 4.01. The van der Waals surface area contributed by atoms with Gasteiger partial charge in [-0.1, -0.05) is 0 Å². The quantitative estimate of drug-likeness (QED) is 0.470. The van der Waals surface area contributed by atoms with Crippen molar-refractivity contribution in [3.8, 4) is 0 Å². The summed E-state index contributed by atoms with van der Waals surface area (Å²) in [6.45, 7) is -0.373. The molecule has 0 rings (SSSR count). The molecule has 0 aromatic heterocycles. The van der Waals surface area contributed by atoms with Gasteiger partial charge in [0.15, 0.2) is 0 Å². The van der Waals surface area contributed by atoms with Crippen LogP contribution in [-0.2, 0) is 14.3 Å². The summed E-state index contributed by atoms with van der Waals surface area (Å²) < 4.78 is 38.0. The third-order valence-electron chi connectivity index (χ3n) is 0.883. The predicted molar refractivity (Wildman–Crippen MR) is 35.7 cm³/mol. The highest BCUT2D eigenvalue weighted by Crippen LogP contribution is 2.16. The number of likely N-dealkylation sites (N-methyl/N-ethyl adjacent to an activating group) is 1. The number of carbonyl (C=O) groups is 2. The Morgan fingerprint density at radius 2 is 1.77 bits per heavy atom. The Labute approximate surface area is 72.3 Å². The van der Waals surface area contributed by atoms with Crippen LogP contribution >= 0.6 is 0 Å². The Morgan fingerprint density at radius 3 is 2.08 bits per heavy atom. The Kier molecular flexibility index (Phi) is 3.86. The van der Waals surface area contributed by atoms with E-state index in [9.17, 15) is 22.8 Å². The second kappa shape index (κ2) is 4.22. The van der Waals surface area contributed by atoms with Gasteiger partial charge in [0.1, 0.15) is 0 Å². The summed E-state index contributed by atoms with van der Waals surface area (Å²) in [4.78, 5) is 21.9. The summed E-state index contributed by atoms with van der Waals surface area (Å²) in [6, 6.07) is 0. The van der Waals surface area contributed by atoms with E-state index in [2.05, 4.69) is 4.74 Å². The van der Waals surface area contributed by atoms with Crippen LogP contribution in [0.25, 0.3) is 0 Å². The van der Waals surface area contributed by atoms with Crippen molar-refractivity contribution in [1.29, 1.82) is 0 Å². The molecule has 0 saturated heterocycles. The van der Waals surface area contributed by atoms with Gasteiger partial charge in [0.25, 0.3) is 0 Å². The molecule has 0 aliphatic carbocycles. The molecule has 0 aromatic rings. The van der Waals surface area contributed by atoms with E-state index in [0.29, 0.717) is 0 Å². The standard InChI is InChI=1S/C6H8F3NO3/c1-10(2)3-4(11)13-5(12)6(7,8)9/h3H2,1-2H3. The zero-order valence-corrected chi connectivity index (χ0v) is 7.01. The van der Waals surface area contributed by atoms with Gasteiger partial charge in [-0.05, 0) is 14.1 Å². The second-order valence-electron chi connectivity index (χ2n) is 2.50. The van der Waals surface area contributed by atoms with Gasteiger partial charge in [0.05, 0.1) is 6.54 Å². The minimum atomic E-state index is -5.12. The van der Waals surface area contributed by atoms with Crippen molar-refractivity contribution in [2.24, 2.45) is 0 Å². The minimum Gasteiger partial charge on any atom is -0.385 e. The molecule has 0 fully saturated rings. The Morgan fingerprint density at radius 1 is 1.31 bits per heavy atom. The van der Waals surface area contributed by atoms with Crippen LogP contribution in [0.5, 0.6) is 0 Å². The van der Waals surface area contributed by atoms with E-state index < -0.39 is 18.1 Å². The summed E-state index contributed by atoms with van der Waals surface area (Å²) in [5.74, 6) is -3.72. The molecule has 4 nitrogen and oxygen atoms in total. The number of ether oxygens (including phenoxy) is 1. The maximum absolute atomic E-state index is 11.5. The normalized spacial score (nSPS) is 11.5. The molecule has 0 aromatic carbocycles. The Hall–Kier alpha value is -1.11. The molecule has 0 aliphatic rings. The van der Waals surface area contributed by atoms with Gasteiger partial charge >= 0.3 is 18.1 Å². The van der Waals surface area contributed by atoms with Crippen molar-refractivity contribution in [2.75, 3.05) is 20.6 Å². The Bertz CT molecular complexity index is 212. The van der Waals surface area contributed by atoms with Crippen LogP contribution in [0.3, 0.4) is 0 Å². The van der Waals surface area contributed by atoms with Crippen molar-refractivity contribution < 1.29 is 27.5 Å². The lowest BCUT2D eigenvalue weighted by atomic mass is 10.6. The molecular weight excluding hydrogens is 191 g/mol. The zero-order valence-electron chi connectivity index (χ0n) is 7.01. The third kappa shape index (κ3) is 5.18. The van der Waals surface area contributed by atoms with E-state index in [1.165, 1.54) is 19.0 Å². The molecule has 0 spiro atoms. The van der Waals surface area contributed by atoms with Crippen molar-refractivity contribution in [1.82, 2.24) is 4.90 Å². The highest BCUT2D eigenvalue weighted by atomic mass is 19.4. The van der Waals surface area contributed by atoms with Crippen molar-refractivity contribution >= 4 is 11.9 Å². The highest BCUT2D eigenvalue weighted by molar-refractivity contribution is 5.89. The summed E-state index contributed by atoms with van der Waals surface area (Å²) >= 11 is 0. The average molecular weight is 199 g/mol. The molecule has 7 heteroatoms. The maximum atomic E-state index is 11.5. The number of hydrogen-bond donors (Lipinski definition) is 0. The van der Waals surface area contributed by atoms with Crippen molar-refractivity contribution in [2.45, 2.75) is 6.18 Å². The molecular formula is C6H8F3NO3. The maximum Gasteiger partial charge on any atom is 0.491 e. The summed E-state index contributed by atoms with van der Waals surface area (Å²) in [5, 5.41) is 0. The lowest BCUT2D eigenvalue weighted by Gasteiger charge is -2.08. The predicted octanol–water partition coefficient (Wildman–Crippen LogP) is 0.180. The number of esters is 2. The fourth-order valence-electron chi connectivity index (χ4n) is 0.452. The van der Waals surface area contributed by atoms with Gasteiger partial charge < -0.3 is 4.74 Å². The molecule has 76 valence electrons. The van der Waals surface area contributed by atoms with Gasteiger partial charge in [-0.15, -0.1) is 0 Å². The molecule has 0 unspecified atom stereocenters. The third-order valence-corrected chi connectivity index (χ3v) is 0.883. The number of nitrogens with zero attached hydrogens (tertiary/aromatic N) is 1. The molecule has 0 N–H and O–H groups in total. The lowest BCUT2D eigenvalue weighted by molar-refractivity contribution is -0.201. The first-order valence-electron chi connectivity index (χ1n) is 3.20. The van der Waals surface area contributed by atoms with Crippen LogP contribution < -0.4 is 0 Å². The van der Waals surface area contributed by atoms with Crippen molar-refractivity contribution in [3.63, 3.8) is 0 Å². The lowest BCUT2D eigenvalue weighted by Crippen LogP contribution is -2.32. The fraction of sp³-hybridized carbons (Fsp3) is 0.667. The molecule has 0 amide bonds. The first-order valence-corrected chi connectivity index (χ1v) is 3.20. The van der Waals surface area contributed by atoms with E-state index in [1.807, 2.05) is 0 Å². The largest absolute Gasteiger partial charge is 0.491 e. The first kappa shape index (κ1) is 11.9. The average Bonchev–Trinajstić information content (AvgIpc) is 1.82. The molecule has 0 atom stereocenters. The number of hydrogen-bond acceptors (Lipinski definition) is 4. The summed E-state index contributed by atoms with van der Waals surface area (Å²) in [7, 11) is 2.92. The van der Waals surface area contributed by atoms with E-state index in [0.717, 1.165) is 0 Å². The molecule has 0 bridgehead atoms. The van der Waals surface area contributed by atoms with Gasteiger partial charge in [0.2, 0.25) is 0 Å². The van der Waals surface area contributed by atoms with E-state index >= 15 is 0 Å². The number of rotatable bonds is 2. The number of alkyl halides is 3. The second-order valence-corrected chi connectivity index (χ2v) is 2.50. The van der Waals surface area contributed by atoms with Crippen LogP contribution in [0.15, 0.2) is 0 Å². The van der Waals surface area contributed by atoms with Gasteiger partial charge in [-0.3, -0.25) is 9.69 Å². The van der Waals surface area contributed by atoms with Crippen LogP contribution in [0.2, 0.25) is 0 Å². The zero-order chi connectivity index (χ0) is 10.6. The smallest absolute Gasteiger partial charge is 0.385 e. The van der Waals surface area contributed by atoms with Gasteiger partial charge in [-0.2, -0.15) is 13.2 Å². The van der Waals surface area contributed by atoms with Crippen molar-refractivity contribution in [3.05, 3.63) is 0 Å². The molecule has 13 heavy (non-hydrogen) atoms. The monoisotopic (exact) mass is 199 g/mol. The van der Waals surface area contributed by atoms with E-state index in [4.69, 9.17) is 0 Å². The van der Waals surface area contributed by atoms with E-state index in [1.54, 1.807) is 0 Å². The molecule has 0 saturated carbocycles. The van der Waals surface area contributed by atoms with Crippen LogP contribution in [0, 0.1) is 0 Å². The van der Waals surface area contributed by atoms with Crippen LogP contribution in [-0.4, -0.2) is 43.7 Å². The highest BCUT2D eigenvalue weighted by Gasteiger charge is 2.42. The van der Waals surface area contributed by atoms with E-state index in [-0.39, 0.29) is 6.54 Å². The first-order chi connectivity index (χ1) is 5.73. The molecule has 0 radical (unpaired) electrons. The summed E-state index contributed by atoms with van der Waals surface area (Å²) in [5.41, 5.74) is 0. The number of carbonyl (C=O) groups excluding carboxylic acids is 2. The van der Waals surface area contributed by atoms with Crippen LogP contribution in [0.4, 0.5) is 13.2 Å². The summed E-state index contributed by atoms with van der Waals surface area (Å²) in [6.07, 6.45) is -5.12. The minimum absolute atomic E-state index is 0.373. The van der Waals surface area contributed by atoms with Crippen LogP contribution in [0.1, 0.15) is 0 Å². The van der Waals surface area contributed by atoms with Gasteiger partial charge in [-0.25, -0.2) is 4.79 Å².